The van der Waals surface area contributed by atoms with Crippen molar-refractivity contribution in [2.24, 2.45) is 11.5 Å². The van der Waals surface area contributed by atoms with Crippen LogP contribution in [-0.2, 0) is 9.57 Å². The fraction of sp³-hybridized carbons (Fsp3) is 0.667. The predicted octanol–water partition coefficient (Wildman–Crippen LogP) is -0.392. The van der Waals surface area contributed by atoms with Gasteiger partial charge in [0.25, 0.3) is 0 Å². The first kappa shape index (κ1) is 9.90. The lowest BCUT2D eigenvalue weighted by molar-refractivity contribution is 0.0661. The molecule has 11 heavy (non-hydrogen) atoms. The zero-order chi connectivity index (χ0) is 8.69. The SMILES string of the molecule is CCON/C(N)=C(/N)OCC. The average molecular weight is 161 g/mol. The average Bonchev–Trinajstić information content (AvgIpc) is 2.00. The van der Waals surface area contributed by atoms with E-state index in [4.69, 9.17) is 21.0 Å². The van der Waals surface area contributed by atoms with E-state index in [9.17, 15) is 0 Å². The summed E-state index contributed by atoms with van der Waals surface area (Å²) >= 11 is 0. The van der Waals surface area contributed by atoms with E-state index in [-0.39, 0.29) is 11.7 Å². The van der Waals surface area contributed by atoms with Crippen LogP contribution >= 0.6 is 0 Å². The molecule has 0 aromatic heterocycles. The Morgan fingerprint density at radius 1 is 1.27 bits per heavy atom. The number of hydroxylamine groups is 1. The summed E-state index contributed by atoms with van der Waals surface area (Å²) in [5, 5.41) is 0. The summed E-state index contributed by atoms with van der Waals surface area (Å²) in [6, 6.07) is 0. The van der Waals surface area contributed by atoms with Gasteiger partial charge < -0.3 is 16.2 Å². The van der Waals surface area contributed by atoms with Crippen molar-refractivity contribution in [1.29, 1.82) is 0 Å². The first-order valence-corrected chi connectivity index (χ1v) is 3.48. The molecule has 0 bridgehead atoms. The third-order valence-corrected chi connectivity index (χ3v) is 0.892. The molecule has 0 rings (SSSR count). The van der Waals surface area contributed by atoms with Crippen molar-refractivity contribution in [3.8, 4) is 0 Å². The van der Waals surface area contributed by atoms with Crippen molar-refractivity contribution < 1.29 is 9.57 Å². The second-order valence-corrected chi connectivity index (χ2v) is 1.75. The van der Waals surface area contributed by atoms with Crippen molar-refractivity contribution in [1.82, 2.24) is 5.48 Å². The van der Waals surface area contributed by atoms with Crippen molar-refractivity contribution in [2.75, 3.05) is 13.2 Å². The summed E-state index contributed by atoms with van der Waals surface area (Å²) in [5.74, 6) is 0.356. The van der Waals surface area contributed by atoms with Crippen molar-refractivity contribution in [3.63, 3.8) is 0 Å². The zero-order valence-electron chi connectivity index (χ0n) is 6.89. The number of nitrogens with one attached hydrogen (secondary N) is 1. The third-order valence-electron chi connectivity index (χ3n) is 0.892. The van der Waals surface area contributed by atoms with E-state index in [1.54, 1.807) is 0 Å². The van der Waals surface area contributed by atoms with E-state index in [1.165, 1.54) is 0 Å². The monoisotopic (exact) mass is 161 g/mol. The van der Waals surface area contributed by atoms with Crippen LogP contribution in [0.4, 0.5) is 0 Å². The molecule has 5 N–H and O–H groups in total. The molecular formula is C6H15N3O2. The Bertz CT molecular complexity index is 136. The normalized spacial score (nSPS) is 12.2. The highest BCUT2D eigenvalue weighted by Crippen LogP contribution is 1.89. The molecule has 0 spiro atoms. The van der Waals surface area contributed by atoms with Gasteiger partial charge in [0.1, 0.15) is 0 Å². The van der Waals surface area contributed by atoms with Gasteiger partial charge in [0.15, 0.2) is 5.82 Å². The van der Waals surface area contributed by atoms with Gasteiger partial charge in [-0.1, -0.05) is 0 Å². The maximum atomic E-state index is 5.38. The number of hydrogen-bond acceptors (Lipinski definition) is 5. The lowest BCUT2D eigenvalue weighted by Gasteiger charge is -2.08. The molecule has 0 aromatic rings. The van der Waals surface area contributed by atoms with Gasteiger partial charge >= 0.3 is 0 Å². The molecule has 0 aromatic carbocycles. The smallest absolute Gasteiger partial charge is 0.227 e. The number of rotatable bonds is 5. The summed E-state index contributed by atoms with van der Waals surface area (Å²) in [6.45, 7) is 4.65. The molecule has 0 saturated carbocycles. The van der Waals surface area contributed by atoms with E-state index in [0.29, 0.717) is 13.2 Å². The van der Waals surface area contributed by atoms with Crippen LogP contribution in [0.1, 0.15) is 13.8 Å². The van der Waals surface area contributed by atoms with E-state index >= 15 is 0 Å². The standard InChI is InChI=1S/C6H15N3O2/c1-3-10-6(8)5(7)9-11-4-2/h9H,3-4,7-8H2,1-2H3/b6-5-. The first-order chi connectivity index (χ1) is 5.22. The largest absolute Gasteiger partial charge is 0.477 e. The highest BCUT2D eigenvalue weighted by molar-refractivity contribution is 4.95. The van der Waals surface area contributed by atoms with Gasteiger partial charge in [-0.3, -0.25) is 4.84 Å². The van der Waals surface area contributed by atoms with Gasteiger partial charge in [0.05, 0.1) is 13.2 Å². The Morgan fingerprint density at radius 2 is 1.91 bits per heavy atom. The lowest BCUT2D eigenvalue weighted by atomic mass is 10.7. The molecule has 0 unspecified atom stereocenters. The molecule has 0 saturated heterocycles. The quantitative estimate of drug-likeness (QED) is 0.378. The summed E-state index contributed by atoms with van der Waals surface area (Å²) in [5.41, 5.74) is 13.2. The minimum Gasteiger partial charge on any atom is -0.477 e. The van der Waals surface area contributed by atoms with Crippen molar-refractivity contribution in [2.45, 2.75) is 13.8 Å². The van der Waals surface area contributed by atoms with Gasteiger partial charge in [-0.25, -0.2) is 5.48 Å². The molecule has 0 aliphatic rings. The Labute approximate surface area is 66.3 Å². The highest BCUT2D eigenvalue weighted by atomic mass is 16.6. The van der Waals surface area contributed by atoms with Crippen LogP contribution in [0.15, 0.2) is 11.7 Å². The highest BCUT2D eigenvalue weighted by Gasteiger charge is 1.96. The van der Waals surface area contributed by atoms with Gasteiger partial charge in [0.2, 0.25) is 5.88 Å². The summed E-state index contributed by atoms with van der Waals surface area (Å²) in [6.07, 6.45) is 0. The molecule has 5 heteroatoms. The Morgan fingerprint density at radius 3 is 2.36 bits per heavy atom. The van der Waals surface area contributed by atoms with Crippen LogP contribution in [0.2, 0.25) is 0 Å². The Balaban J connectivity index is 3.73. The van der Waals surface area contributed by atoms with E-state index in [0.717, 1.165) is 0 Å². The number of nitrogens with two attached hydrogens (primary N) is 2. The first-order valence-electron chi connectivity index (χ1n) is 3.48. The second-order valence-electron chi connectivity index (χ2n) is 1.75. The lowest BCUT2D eigenvalue weighted by Crippen LogP contribution is -2.26. The van der Waals surface area contributed by atoms with Crippen molar-refractivity contribution >= 4 is 0 Å². The van der Waals surface area contributed by atoms with Gasteiger partial charge in [0, 0.05) is 0 Å². The minimum absolute atomic E-state index is 0.154. The van der Waals surface area contributed by atoms with E-state index in [2.05, 4.69) is 5.48 Å². The fourth-order valence-electron chi connectivity index (χ4n) is 0.433. The van der Waals surface area contributed by atoms with Crippen LogP contribution in [0, 0.1) is 0 Å². The van der Waals surface area contributed by atoms with Crippen LogP contribution in [-0.4, -0.2) is 13.2 Å². The van der Waals surface area contributed by atoms with Gasteiger partial charge in [-0.15, -0.1) is 0 Å². The molecule has 5 nitrogen and oxygen atoms in total. The molecular weight excluding hydrogens is 146 g/mol. The molecule has 0 atom stereocenters. The van der Waals surface area contributed by atoms with Crippen LogP contribution < -0.4 is 16.9 Å². The van der Waals surface area contributed by atoms with E-state index < -0.39 is 0 Å². The second kappa shape index (κ2) is 5.67. The predicted molar refractivity (Wildman–Crippen MR) is 41.8 cm³/mol. The van der Waals surface area contributed by atoms with Crippen molar-refractivity contribution in [3.05, 3.63) is 11.7 Å². The Kier molecular flexibility index (Phi) is 5.10. The zero-order valence-corrected chi connectivity index (χ0v) is 6.89. The number of hydrogen-bond donors (Lipinski definition) is 3. The summed E-state index contributed by atoms with van der Waals surface area (Å²) in [4.78, 5) is 4.77. The number of ether oxygens (including phenoxy) is 1. The topological polar surface area (TPSA) is 82.5 Å². The minimum atomic E-state index is 0.154. The maximum absolute atomic E-state index is 5.38. The molecule has 0 fully saturated rings. The molecule has 0 radical (unpaired) electrons. The van der Waals surface area contributed by atoms with Crippen LogP contribution in [0.3, 0.4) is 0 Å². The molecule has 0 heterocycles. The third kappa shape index (κ3) is 4.32. The fourth-order valence-corrected chi connectivity index (χ4v) is 0.433. The molecule has 0 aliphatic carbocycles. The molecule has 66 valence electrons. The van der Waals surface area contributed by atoms with Gasteiger partial charge in [-0.2, -0.15) is 0 Å². The molecule has 0 aliphatic heterocycles. The van der Waals surface area contributed by atoms with Gasteiger partial charge in [-0.05, 0) is 13.8 Å². The van der Waals surface area contributed by atoms with Crippen LogP contribution in [0.5, 0.6) is 0 Å². The van der Waals surface area contributed by atoms with E-state index in [1.807, 2.05) is 13.8 Å². The van der Waals surface area contributed by atoms with Crippen LogP contribution in [0.25, 0.3) is 0 Å². The Hall–Kier alpha value is -1.10. The summed E-state index contributed by atoms with van der Waals surface area (Å²) < 4.78 is 4.89. The maximum Gasteiger partial charge on any atom is 0.227 e. The summed E-state index contributed by atoms with van der Waals surface area (Å²) in [7, 11) is 0. The molecule has 0 amide bonds.